The molecule has 0 aliphatic carbocycles. The molecule has 0 radical (unpaired) electrons. The number of hydrogen-bond acceptors (Lipinski definition) is 4. The molecule has 0 heterocycles. The van der Waals surface area contributed by atoms with Crippen LogP contribution in [0.15, 0.2) is 18.2 Å². The Hall–Kier alpha value is -1.73. The van der Waals surface area contributed by atoms with E-state index in [0.717, 1.165) is 0 Å². The topological polar surface area (TPSA) is 62.5 Å². The first-order valence-electron chi connectivity index (χ1n) is 4.56. The quantitative estimate of drug-likeness (QED) is 0.809. The number of nitrogens with zero attached hydrogens (tertiary/aromatic N) is 1. The molecular formula is C11H13NO3. The first-order chi connectivity index (χ1) is 7.17. The second-order valence-electron chi connectivity index (χ2n) is 3.14. The average Bonchev–Trinajstić information content (AvgIpc) is 2.25. The lowest BCUT2D eigenvalue weighted by atomic mass is 10.2. The zero-order valence-corrected chi connectivity index (χ0v) is 8.73. The molecule has 15 heavy (non-hydrogen) atoms. The predicted octanol–water partition coefficient (Wildman–Crippen LogP) is 1.33. The molecule has 4 nitrogen and oxygen atoms in total. The molecule has 1 N–H and O–H groups in total. The lowest BCUT2D eigenvalue weighted by Crippen LogP contribution is -2.13. The summed E-state index contributed by atoms with van der Waals surface area (Å²) >= 11 is 0. The number of ether oxygens (including phenoxy) is 2. The summed E-state index contributed by atoms with van der Waals surface area (Å²) in [5.74, 6) is 1.02. The minimum Gasteiger partial charge on any atom is -0.493 e. The summed E-state index contributed by atoms with van der Waals surface area (Å²) in [6, 6.07) is 6.89. The van der Waals surface area contributed by atoms with E-state index in [4.69, 9.17) is 19.8 Å². The molecule has 0 aliphatic rings. The van der Waals surface area contributed by atoms with Gasteiger partial charge in [-0.2, -0.15) is 5.26 Å². The molecule has 0 unspecified atom stereocenters. The molecule has 1 rings (SSSR count). The van der Waals surface area contributed by atoms with Crippen molar-refractivity contribution in [3.63, 3.8) is 0 Å². The molecule has 0 fully saturated rings. The summed E-state index contributed by atoms with van der Waals surface area (Å²) in [6.07, 6.45) is -0.537. The lowest BCUT2D eigenvalue weighted by molar-refractivity contribution is 0.120. The van der Waals surface area contributed by atoms with Crippen LogP contribution in [0, 0.1) is 11.3 Å². The van der Waals surface area contributed by atoms with Crippen molar-refractivity contribution in [1.82, 2.24) is 0 Å². The van der Waals surface area contributed by atoms with Gasteiger partial charge in [0, 0.05) is 6.07 Å². The monoisotopic (exact) mass is 207 g/mol. The van der Waals surface area contributed by atoms with E-state index in [1.165, 1.54) is 7.11 Å². The fourth-order valence-electron chi connectivity index (χ4n) is 1.07. The van der Waals surface area contributed by atoms with Gasteiger partial charge in [0.05, 0.1) is 24.8 Å². The molecule has 1 atom stereocenters. The van der Waals surface area contributed by atoms with Gasteiger partial charge in [0.2, 0.25) is 0 Å². The molecule has 1 aromatic carbocycles. The molecule has 0 aliphatic heterocycles. The lowest BCUT2D eigenvalue weighted by Gasteiger charge is -2.11. The van der Waals surface area contributed by atoms with Gasteiger partial charge in [-0.05, 0) is 19.1 Å². The number of benzene rings is 1. The van der Waals surface area contributed by atoms with E-state index < -0.39 is 6.10 Å². The average molecular weight is 207 g/mol. The van der Waals surface area contributed by atoms with Gasteiger partial charge in [0.1, 0.15) is 6.61 Å². The summed E-state index contributed by atoms with van der Waals surface area (Å²) in [5, 5.41) is 17.7. The van der Waals surface area contributed by atoms with Crippen LogP contribution in [0.1, 0.15) is 12.5 Å². The number of hydrogen-bond donors (Lipinski definition) is 1. The van der Waals surface area contributed by atoms with E-state index in [9.17, 15) is 0 Å². The van der Waals surface area contributed by atoms with Crippen LogP contribution in [0.2, 0.25) is 0 Å². The second-order valence-corrected chi connectivity index (χ2v) is 3.14. The van der Waals surface area contributed by atoms with Crippen molar-refractivity contribution in [3.8, 4) is 17.6 Å². The van der Waals surface area contributed by atoms with Crippen LogP contribution in [0.25, 0.3) is 0 Å². The Morgan fingerprint density at radius 1 is 1.47 bits per heavy atom. The molecule has 0 saturated heterocycles. The fraction of sp³-hybridized carbons (Fsp3) is 0.364. The van der Waals surface area contributed by atoms with Crippen LogP contribution in [0.3, 0.4) is 0 Å². The molecule has 0 aromatic heterocycles. The minimum atomic E-state index is -0.537. The maximum Gasteiger partial charge on any atom is 0.162 e. The molecule has 0 saturated carbocycles. The van der Waals surface area contributed by atoms with Crippen molar-refractivity contribution in [2.75, 3.05) is 13.7 Å². The first-order valence-corrected chi connectivity index (χ1v) is 4.56. The Morgan fingerprint density at radius 3 is 2.73 bits per heavy atom. The van der Waals surface area contributed by atoms with Gasteiger partial charge in [0.15, 0.2) is 11.5 Å². The van der Waals surface area contributed by atoms with E-state index in [1.54, 1.807) is 25.1 Å². The summed E-state index contributed by atoms with van der Waals surface area (Å²) in [4.78, 5) is 0. The zero-order chi connectivity index (χ0) is 11.3. The summed E-state index contributed by atoms with van der Waals surface area (Å²) in [7, 11) is 1.51. The van der Waals surface area contributed by atoms with Crippen molar-refractivity contribution in [2.24, 2.45) is 0 Å². The highest BCUT2D eigenvalue weighted by atomic mass is 16.5. The fourth-order valence-corrected chi connectivity index (χ4v) is 1.07. The third kappa shape index (κ3) is 3.15. The largest absolute Gasteiger partial charge is 0.493 e. The molecule has 0 bridgehead atoms. The van der Waals surface area contributed by atoms with E-state index >= 15 is 0 Å². The van der Waals surface area contributed by atoms with Gasteiger partial charge in [-0.1, -0.05) is 0 Å². The third-order valence-corrected chi connectivity index (χ3v) is 1.77. The van der Waals surface area contributed by atoms with Crippen molar-refractivity contribution in [3.05, 3.63) is 23.8 Å². The Morgan fingerprint density at radius 2 is 2.20 bits per heavy atom. The van der Waals surface area contributed by atoms with E-state index in [0.29, 0.717) is 17.1 Å². The molecule has 4 heteroatoms. The summed E-state index contributed by atoms with van der Waals surface area (Å²) < 4.78 is 10.4. The van der Waals surface area contributed by atoms with Gasteiger partial charge < -0.3 is 14.6 Å². The van der Waals surface area contributed by atoms with Crippen molar-refractivity contribution < 1.29 is 14.6 Å². The number of aliphatic hydroxyl groups is 1. The normalized spacial score (nSPS) is 11.6. The highest BCUT2D eigenvalue weighted by Crippen LogP contribution is 2.27. The number of aliphatic hydroxyl groups excluding tert-OH is 1. The van der Waals surface area contributed by atoms with Crippen molar-refractivity contribution in [2.45, 2.75) is 13.0 Å². The molecule has 1 aromatic rings. The zero-order valence-electron chi connectivity index (χ0n) is 8.73. The van der Waals surface area contributed by atoms with Crippen molar-refractivity contribution in [1.29, 1.82) is 5.26 Å². The molecule has 80 valence electrons. The Balaban J connectivity index is 2.84. The molecule has 0 spiro atoms. The Labute approximate surface area is 88.7 Å². The van der Waals surface area contributed by atoms with Gasteiger partial charge >= 0.3 is 0 Å². The Bertz CT molecular complexity index is 369. The van der Waals surface area contributed by atoms with Gasteiger partial charge in [-0.25, -0.2) is 0 Å². The van der Waals surface area contributed by atoms with Crippen LogP contribution in [-0.2, 0) is 0 Å². The highest BCUT2D eigenvalue weighted by Gasteiger charge is 2.06. The van der Waals surface area contributed by atoms with E-state index in [2.05, 4.69) is 0 Å². The van der Waals surface area contributed by atoms with Gasteiger partial charge in [-0.3, -0.25) is 0 Å². The molecule has 0 amide bonds. The first kappa shape index (κ1) is 11.3. The maximum atomic E-state index is 9.06. The SMILES string of the molecule is COc1cc(C#N)ccc1OC[C@@H](C)O. The highest BCUT2D eigenvalue weighted by molar-refractivity contribution is 5.46. The van der Waals surface area contributed by atoms with E-state index in [1.807, 2.05) is 6.07 Å². The number of rotatable bonds is 4. The van der Waals surface area contributed by atoms with Crippen LogP contribution < -0.4 is 9.47 Å². The van der Waals surface area contributed by atoms with Gasteiger partial charge in [0.25, 0.3) is 0 Å². The van der Waals surface area contributed by atoms with Crippen LogP contribution in [0.5, 0.6) is 11.5 Å². The van der Waals surface area contributed by atoms with Gasteiger partial charge in [-0.15, -0.1) is 0 Å². The van der Waals surface area contributed by atoms with Crippen LogP contribution >= 0.6 is 0 Å². The van der Waals surface area contributed by atoms with Crippen LogP contribution in [-0.4, -0.2) is 24.9 Å². The minimum absolute atomic E-state index is 0.197. The summed E-state index contributed by atoms with van der Waals surface area (Å²) in [6.45, 7) is 1.83. The smallest absolute Gasteiger partial charge is 0.162 e. The van der Waals surface area contributed by atoms with Crippen LogP contribution in [0.4, 0.5) is 0 Å². The third-order valence-electron chi connectivity index (χ3n) is 1.77. The van der Waals surface area contributed by atoms with Crippen molar-refractivity contribution >= 4 is 0 Å². The molecular weight excluding hydrogens is 194 g/mol. The maximum absolute atomic E-state index is 9.06. The summed E-state index contributed by atoms with van der Waals surface area (Å²) in [5.41, 5.74) is 0.510. The van der Waals surface area contributed by atoms with E-state index in [-0.39, 0.29) is 6.61 Å². The number of nitriles is 1. The Kier molecular flexibility index (Phi) is 3.95. The standard InChI is InChI=1S/C11H13NO3/c1-8(13)7-15-10-4-3-9(6-12)5-11(10)14-2/h3-5,8,13H,7H2,1-2H3/t8-/m1/s1. The number of methoxy groups -OCH3 is 1. The second kappa shape index (κ2) is 5.23. The predicted molar refractivity (Wildman–Crippen MR) is 54.9 cm³/mol.